The molecule has 0 aromatic heterocycles. The van der Waals surface area contributed by atoms with Crippen LogP contribution in [0.15, 0.2) is 53.4 Å². The minimum atomic E-state index is -3.62. The average Bonchev–Trinajstić information content (AvgIpc) is 2.74. The fourth-order valence-corrected chi connectivity index (χ4v) is 5.84. The highest BCUT2D eigenvalue weighted by atomic mass is 35.5. The van der Waals surface area contributed by atoms with Gasteiger partial charge in [-0.25, -0.2) is 8.42 Å². The van der Waals surface area contributed by atoms with E-state index >= 15 is 0 Å². The molecule has 0 unspecified atom stereocenters. The summed E-state index contributed by atoms with van der Waals surface area (Å²) < 4.78 is 27.5. The second-order valence-electron chi connectivity index (χ2n) is 8.48. The summed E-state index contributed by atoms with van der Waals surface area (Å²) in [4.78, 5) is 26.4. The first-order chi connectivity index (χ1) is 15.1. The van der Waals surface area contributed by atoms with E-state index in [1.54, 1.807) is 24.3 Å². The van der Waals surface area contributed by atoms with E-state index in [4.69, 9.17) is 11.6 Å². The van der Waals surface area contributed by atoms with Gasteiger partial charge in [0.05, 0.1) is 22.2 Å². The van der Waals surface area contributed by atoms with Crippen LogP contribution in [-0.4, -0.2) is 56.1 Å². The SMILES string of the molecule is C[C@@H]1C[C@@H](C)CN(S(=O)(=O)c2ccc(C(=O)N(C)CC(=O)Nc3ccccc3Cl)cc2)C1. The number of nitrogens with one attached hydrogen (secondary N) is 1. The first-order valence-corrected chi connectivity index (χ1v) is 12.3. The van der Waals surface area contributed by atoms with E-state index < -0.39 is 10.0 Å². The van der Waals surface area contributed by atoms with E-state index in [0.717, 1.165) is 6.42 Å². The maximum atomic E-state index is 13.0. The van der Waals surface area contributed by atoms with E-state index in [1.165, 1.54) is 40.5 Å². The second-order valence-corrected chi connectivity index (χ2v) is 10.8. The molecular weight excluding hydrogens is 450 g/mol. The van der Waals surface area contributed by atoms with Gasteiger partial charge in [-0.1, -0.05) is 37.6 Å². The molecule has 1 fully saturated rings. The molecule has 2 aromatic rings. The van der Waals surface area contributed by atoms with Crippen molar-refractivity contribution in [1.82, 2.24) is 9.21 Å². The van der Waals surface area contributed by atoms with Crippen LogP contribution in [0.1, 0.15) is 30.6 Å². The molecular formula is C23H28ClN3O4S. The first kappa shape index (κ1) is 24.2. The molecule has 2 aromatic carbocycles. The number of sulfonamides is 1. The summed E-state index contributed by atoms with van der Waals surface area (Å²) in [6.45, 7) is 4.93. The van der Waals surface area contributed by atoms with Crippen molar-refractivity contribution in [3.05, 3.63) is 59.1 Å². The van der Waals surface area contributed by atoms with Crippen molar-refractivity contribution in [2.24, 2.45) is 11.8 Å². The molecule has 9 heteroatoms. The Balaban J connectivity index is 1.65. The van der Waals surface area contributed by atoms with Crippen LogP contribution in [0.4, 0.5) is 5.69 Å². The maximum absolute atomic E-state index is 13.0. The lowest BCUT2D eigenvalue weighted by molar-refractivity contribution is -0.116. The topological polar surface area (TPSA) is 86.8 Å². The van der Waals surface area contributed by atoms with E-state index in [0.29, 0.717) is 41.2 Å². The molecule has 3 rings (SSSR count). The van der Waals surface area contributed by atoms with Gasteiger partial charge in [0.15, 0.2) is 0 Å². The van der Waals surface area contributed by atoms with Crippen molar-refractivity contribution in [3.8, 4) is 0 Å². The largest absolute Gasteiger partial charge is 0.332 e. The predicted molar refractivity (Wildman–Crippen MR) is 125 cm³/mol. The van der Waals surface area contributed by atoms with Crippen LogP contribution < -0.4 is 5.32 Å². The van der Waals surface area contributed by atoms with Gasteiger partial charge in [0.1, 0.15) is 0 Å². The number of amides is 2. The fourth-order valence-electron chi connectivity index (χ4n) is 3.98. The highest BCUT2D eigenvalue weighted by Crippen LogP contribution is 2.27. The summed E-state index contributed by atoms with van der Waals surface area (Å²) in [7, 11) is -2.11. The highest BCUT2D eigenvalue weighted by molar-refractivity contribution is 7.89. The summed E-state index contributed by atoms with van der Waals surface area (Å²) >= 11 is 6.04. The van der Waals surface area contributed by atoms with Crippen molar-refractivity contribution in [2.45, 2.75) is 25.2 Å². The fraction of sp³-hybridized carbons (Fsp3) is 0.391. The standard InChI is InChI=1S/C23H28ClN3O4S/c1-16-12-17(2)14-27(13-16)32(30,31)19-10-8-18(9-11-19)23(29)26(3)15-22(28)25-21-7-5-4-6-20(21)24/h4-11,16-17H,12-15H2,1-3H3,(H,25,28)/t16-,17-/m1/s1. The number of hydrogen-bond acceptors (Lipinski definition) is 4. The van der Waals surface area contributed by atoms with Gasteiger partial charge in [0.25, 0.3) is 5.91 Å². The molecule has 1 heterocycles. The van der Waals surface area contributed by atoms with Gasteiger partial charge in [-0.15, -0.1) is 0 Å². The van der Waals surface area contributed by atoms with E-state index in [1.807, 2.05) is 0 Å². The quantitative estimate of drug-likeness (QED) is 0.687. The van der Waals surface area contributed by atoms with Crippen LogP contribution in [-0.2, 0) is 14.8 Å². The first-order valence-electron chi connectivity index (χ1n) is 10.5. The molecule has 1 saturated heterocycles. The lowest BCUT2D eigenvalue weighted by Crippen LogP contribution is -2.42. The lowest BCUT2D eigenvalue weighted by Gasteiger charge is -2.34. The molecule has 0 radical (unpaired) electrons. The van der Waals surface area contributed by atoms with Crippen LogP contribution >= 0.6 is 11.6 Å². The number of carbonyl (C=O) groups is 2. The Bertz CT molecular complexity index is 1080. The number of hydrogen-bond donors (Lipinski definition) is 1. The normalized spacial score (nSPS) is 19.4. The van der Waals surface area contributed by atoms with Crippen LogP contribution in [0.2, 0.25) is 5.02 Å². The molecule has 1 aliphatic heterocycles. The summed E-state index contributed by atoms with van der Waals surface area (Å²) in [5.41, 5.74) is 0.772. The second kappa shape index (κ2) is 10.0. The molecule has 1 N–H and O–H groups in total. The van der Waals surface area contributed by atoms with E-state index in [-0.39, 0.29) is 23.3 Å². The number of para-hydroxylation sites is 1. The molecule has 172 valence electrons. The van der Waals surface area contributed by atoms with E-state index in [9.17, 15) is 18.0 Å². The molecule has 2 atom stereocenters. The number of halogens is 1. The van der Waals surface area contributed by atoms with Gasteiger partial charge < -0.3 is 10.2 Å². The van der Waals surface area contributed by atoms with Crippen LogP contribution in [0, 0.1) is 11.8 Å². The summed E-state index contributed by atoms with van der Waals surface area (Å²) in [5, 5.41) is 3.08. The number of likely N-dealkylation sites (N-methyl/N-ethyl adjacent to an activating group) is 1. The Labute approximate surface area is 194 Å². The molecule has 32 heavy (non-hydrogen) atoms. The Morgan fingerprint density at radius 1 is 1.06 bits per heavy atom. The van der Waals surface area contributed by atoms with Crippen molar-refractivity contribution >= 4 is 39.1 Å². The zero-order valence-corrected chi connectivity index (χ0v) is 20.0. The minimum Gasteiger partial charge on any atom is -0.332 e. The summed E-state index contributed by atoms with van der Waals surface area (Å²) in [6.07, 6.45) is 1.01. The Hall–Kier alpha value is -2.42. The smallest absolute Gasteiger partial charge is 0.254 e. The Morgan fingerprint density at radius 3 is 2.25 bits per heavy atom. The number of carbonyl (C=O) groups excluding carboxylic acids is 2. The van der Waals surface area contributed by atoms with Crippen molar-refractivity contribution in [2.75, 3.05) is 32.0 Å². The molecule has 0 bridgehead atoms. The van der Waals surface area contributed by atoms with Gasteiger partial charge >= 0.3 is 0 Å². The van der Waals surface area contributed by atoms with Gasteiger partial charge in [0.2, 0.25) is 15.9 Å². The number of benzene rings is 2. The summed E-state index contributed by atoms with van der Waals surface area (Å²) in [6, 6.07) is 12.7. The molecule has 0 saturated carbocycles. The third-order valence-corrected chi connectivity index (χ3v) is 7.63. The van der Waals surface area contributed by atoms with Crippen molar-refractivity contribution in [1.29, 1.82) is 0 Å². The molecule has 2 amide bonds. The van der Waals surface area contributed by atoms with Crippen LogP contribution in [0.5, 0.6) is 0 Å². The third-order valence-electron chi connectivity index (χ3n) is 5.45. The van der Waals surface area contributed by atoms with Crippen molar-refractivity contribution in [3.63, 3.8) is 0 Å². The van der Waals surface area contributed by atoms with E-state index in [2.05, 4.69) is 19.2 Å². The number of piperidine rings is 1. The molecule has 0 aliphatic carbocycles. The maximum Gasteiger partial charge on any atom is 0.254 e. The highest BCUT2D eigenvalue weighted by Gasteiger charge is 2.31. The third kappa shape index (κ3) is 5.68. The average molecular weight is 478 g/mol. The lowest BCUT2D eigenvalue weighted by atomic mass is 9.94. The Morgan fingerprint density at radius 2 is 1.66 bits per heavy atom. The molecule has 1 aliphatic rings. The summed E-state index contributed by atoms with van der Waals surface area (Å²) in [5.74, 6) is -0.162. The Kier molecular flexibility index (Phi) is 7.59. The van der Waals surface area contributed by atoms with Gasteiger partial charge in [-0.05, 0) is 54.7 Å². The molecule has 0 spiro atoms. The number of anilines is 1. The van der Waals surface area contributed by atoms with Crippen molar-refractivity contribution < 1.29 is 18.0 Å². The minimum absolute atomic E-state index is 0.162. The van der Waals surface area contributed by atoms with Crippen LogP contribution in [0.3, 0.4) is 0 Å². The van der Waals surface area contributed by atoms with Gasteiger partial charge in [-0.3, -0.25) is 9.59 Å². The molecule has 7 nitrogen and oxygen atoms in total. The zero-order chi connectivity index (χ0) is 23.5. The monoisotopic (exact) mass is 477 g/mol. The zero-order valence-electron chi connectivity index (χ0n) is 18.4. The van der Waals surface area contributed by atoms with Gasteiger partial charge in [0, 0.05) is 25.7 Å². The predicted octanol–water partition coefficient (Wildman–Crippen LogP) is 3.72. The van der Waals surface area contributed by atoms with Crippen LogP contribution in [0.25, 0.3) is 0 Å². The van der Waals surface area contributed by atoms with Gasteiger partial charge in [-0.2, -0.15) is 4.31 Å². The number of nitrogens with zero attached hydrogens (tertiary/aromatic N) is 2. The number of rotatable bonds is 6.